The Bertz CT molecular complexity index is 1340. The summed E-state index contributed by atoms with van der Waals surface area (Å²) in [5.41, 5.74) is -1.06. The normalized spacial score (nSPS) is 50.3. The third kappa shape index (κ3) is 5.34. The topological polar surface area (TPSA) is 112 Å². The lowest BCUT2D eigenvalue weighted by Crippen LogP contribution is -2.60. The summed E-state index contributed by atoms with van der Waals surface area (Å²) in [4.78, 5) is 17.7. The molecule has 2 spiro atoms. The molecule has 0 aromatic heterocycles. The summed E-state index contributed by atoms with van der Waals surface area (Å²) < 4.78 is 19.8. The van der Waals surface area contributed by atoms with E-state index in [0.29, 0.717) is 56.2 Å². The lowest BCUT2D eigenvalue weighted by Gasteiger charge is -2.64. The van der Waals surface area contributed by atoms with Crippen LogP contribution in [0.25, 0.3) is 0 Å². The minimum atomic E-state index is -1.26. The molecule has 3 saturated heterocycles. The second-order valence-electron chi connectivity index (χ2n) is 20.9. The fourth-order valence-electron chi connectivity index (χ4n) is 15.0. The minimum absolute atomic E-state index is 0.0154. The number of hydrogen-bond acceptors (Lipinski definition) is 8. The van der Waals surface area contributed by atoms with Crippen molar-refractivity contribution in [2.24, 2.45) is 56.7 Å². The van der Waals surface area contributed by atoms with Crippen LogP contribution in [0.2, 0.25) is 0 Å². The van der Waals surface area contributed by atoms with E-state index in [0.717, 1.165) is 58.0 Å². The van der Waals surface area contributed by atoms with Crippen LogP contribution in [0.3, 0.4) is 0 Å². The van der Waals surface area contributed by atoms with E-state index in [-0.39, 0.29) is 57.4 Å². The molecule has 8 fully saturated rings. The second kappa shape index (κ2) is 12.3. The third-order valence-electron chi connectivity index (χ3n) is 17.8. The summed E-state index contributed by atoms with van der Waals surface area (Å²) in [7, 11) is 2.17. The van der Waals surface area contributed by atoms with Crippen molar-refractivity contribution < 1.29 is 34.3 Å². The van der Waals surface area contributed by atoms with E-state index in [4.69, 9.17) is 14.2 Å². The molecule has 0 aromatic rings. The molecule has 3 heterocycles. The number of fused-ring (bicyclic) bond motifs is 4. The van der Waals surface area contributed by atoms with Crippen LogP contribution in [0, 0.1) is 56.7 Å². The molecule has 1 amide bonds. The van der Waals surface area contributed by atoms with E-state index in [9.17, 15) is 20.1 Å². The lowest BCUT2D eigenvalue weighted by atomic mass is 9.41. The fourth-order valence-corrected chi connectivity index (χ4v) is 15.0. The largest absolute Gasteiger partial charge is 0.390 e. The van der Waals surface area contributed by atoms with Crippen molar-refractivity contribution in [2.45, 2.75) is 162 Å². The maximum absolute atomic E-state index is 13.4. The first-order chi connectivity index (χ1) is 23.9. The van der Waals surface area contributed by atoms with E-state index in [1.54, 1.807) is 13.8 Å². The highest BCUT2D eigenvalue weighted by Gasteiger charge is 2.84. The van der Waals surface area contributed by atoms with Crippen LogP contribution < -0.4 is 0 Å². The number of carbonyl (C=O) groups excluding carboxylic acids is 1. The molecule has 8 rings (SSSR count). The predicted octanol–water partition coefficient (Wildman–Crippen LogP) is 5.23. The monoisotopic (exact) mass is 715 g/mol. The van der Waals surface area contributed by atoms with Gasteiger partial charge in [0, 0.05) is 18.4 Å². The number of aliphatic hydroxyl groups is 3. The van der Waals surface area contributed by atoms with Gasteiger partial charge in [0.25, 0.3) is 0 Å². The van der Waals surface area contributed by atoms with Gasteiger partial charge in [-0.15, -0.1) is 0 Å². The predicted molar refractivity (Wildman–Crippen MR) is 194 cm³/mol. The van der Waals surface area contributed by atoms with Gasteiger partial charge < -0.3 is 39.3 Å². The van der Waals surface area contributed by atoms with Gasteiger partial charge in [0.1, 0.15) is 6.10 Å². The summed E-state index contributed by atoms with van der Waals surface area (Å²) in [5.74, 6) is 2.27. The highest BCUT2D eigenvalue weighted by atomic mass is 16.7. The van der Waals surface area contributed by atoms with Gasteiger partial charge in [-0.05, 0) is 149 Å². The van der Waals surface area contributed by atoms with Crippen molar-refractivity contribution in [2.75, 3.05) is 39.8 Å². The van der Waals surface area contributed by atoms with Gasteiger partial charge in [0.2, 0.25) is 5.91 Å². The van der Waals surface area contributed by atoms with Crippen LogP contribution in [-0.4, -0.2) is 113 Å². The van der Waals surface area contributed by atoms with Crippen LogP contribution in [0.4, 0.5) is 0 Å². The number of aliphatic hydroxyl groups excluding tert-OH is 2. The van der Waals surface area contributed by atoms with E-state index in [1.165, 1.54) is 12.8 Å². The van der Waals surface area contributed by atoms with Crippen molar-refractivity contribution in [1.82, 2.24) is 9.80 Å². The number of hydrogen-bond donors (Lipinski definition) is 3. The Balaban J connectivity index is 0.963. The summed E-state index contributed by atoms with van der Waals surface area (Å²) in [6.45, 7) is 19.2. The van der Waals surface area contributed by atoms with Crippen LogP contribution >= 0.6 is 0 Å². The van der Waals surface area contributed by atoms with Crippen LogP contribution in [0.15, 0.2) is 0 Å². The molecule has 14 atom stereocenters. The van der Waals surface area contributed by atoms with Gasteiger partial charge >= 0.3 is 0 Å². The molecule has 3 aliphatic heterocycles. The Morgan fingerprint density at radius 1 is 0.980 bits per heavy atom. The lowest BCUT2D eigenvalue weighted by molar-refractivity contribution is -0.248. The summed E-state index contributed by atoms with van der Waals surface area (Å²) >= 11 is 0. The van der Waals surface area contributed by atoms with Gasteiger partial charge in [-0.2, -0.15) is 0 Å². The molecular weight excluding hydrogens is 644 g/mol. The molecule has 9 nitrogen and oxygen atoms in total. The maximum atomic E-state index is 13.4. The standard InChI is InChI=1S/C42H70N2O7/c1-25-21-27(35(46)38(4,5)48)50-34-33(25)39(6)15-16-42-24-41(42)14-11-30(37(2,3)28(41)9-10-29(42)40(39,7)36(34)47)51-32-23-44(19-20-49-32)31(45)22-26-12-17-43(8)18-13-26/h25-30,32-36,46-48H,9-24H2,1-8H3/t25-,27+,28+,29?,30?,32?,33+,34?,35?,36+,39?,40-,41?,42?/m1/s1. The maximum Gasteiger partial charge on any atom is 0.223 e. The zero-order chi connectivity index (χ0) is 36.5. The molecular formula is C42H70N2O7. The van der Waals surface area contributed by atoms with Gasteiger partial charge in [-0.3, -0.25) is 4.79 Å². The first-order valence-electron chi connectivity index (χ1n) is 20.9. The Morgan fingerprint density at radius 2 is 1.67 bits per heavy atom. The SMILES string of the molecule is C[C@@H]1C[C@@H](C(O)C(C)(C)O)OC2[C@H]1C1(C)CCC34CC35CCC(OC3CN(C(=O)CC6CCN(C)CC6)CCO3)C(C)(C)[C@@H]5CCC4[C@]1(C)[C@H]2O. The summed E-state index contributed by atoms with van der Waals surface area (Å²) in [5, 5.41) is 34.2. The molecule has 290 valence electrons. The van der Waals surface area contributed by atoms with E-state index < -0.39 is 23.9 Å². The van der Waals surface area contributed by atoms with Crippen LogP contribution in [0.5, 0.6) is 0 Å². The Labute approximate surface area is 307 Å². The quantitative estimate of drug-likeness (QED) is 0.343. The molecule has 8 unspecified atom stereocenters. The number of amides is 1. The fraction of sp³-hybridized carbons (Fsp3) is 0.976. The second-order valence-corrected chi connectivity index (χ2v) is 20.9. The molecule has 9 heteroatoms. The molecule has 51 heavy (non-hydrogen) atoms. The number of carbonyl (C=O) groups is 1. The smallest absolute Gasteiger partial charge is 0.223 e. The van der Waals surface area contributed by atoms with E-state index in [1.807, 2.05) is 4.90 Å². The van der Waals surface area contributed by atoms with Crippen LogP contribution in [-0.2, 0) is 19.0 Å². The number of nitrogens with zero attached hydrogens (tertiary/aromatic N) is 2. The van der Waals surface area contributed by atoms with Gasteiger partial charge in [0.15, 0.2) is 6.29 Å². The van der Waals surface area contributed by atoms with Gasteiger partial charge in [-0.25, -0.2) is 0 Å². The average molecular weight is 715 g/mol. The molecule has 5 saturated carbocycles. The Hall–Kier alpha value is -0.810. The number of morpholine rings is 1. The Morgan fingerprint density at radius 3 is 2.37 bits per heavy atom. The number of rotatable bonds is 6. The molecule has 0 radical (unpaired) electrons. The highest BCUT2D eigenvalue weighted by molar-refractivity contribution is 5.76. The number of likely N-dealkylation sites (tertiary alicyclic amines) is 1. The van der Waals surface area contributed by atoms with Gasteiger partial charge in [-0.1, -0.05) is 34.6 Å². The van der Waals surface area contributed by atoms with Crippen molar-refractivity contribution >= 4 is 5.91 Å². The molecule has 0 aromatic carbocycles. The third-order valence-corrected chi connectivity index (χ3v) is 17.8. The van der Waals surface area contributed by atoms with Crippen molar-refractivity contribution in [3.63, 3.8) is 0 Å². The number of piperidine rings is 1. The first-order valence-corrected chi connectivity index (χ1v) is 20.9. The van der Waals surface area contributed by atoms with Crippen molar-refractivity contribution in [3.05, 3.63) is 0 Å². The number of ether oxygens (including phenoxy) is 3. The van der Waals surface area contributed by atoms with E-state index >= 15 is 0 Å². The molecule has 5 aliphatic carbocycles. The van der Waals surface area contributed by atoms with E-state index in [2.05, 4.69) is 46.6 Å². The molecule has 3 N–H and O–H groups in total. The van der Waals surface area contributed by atoms with Crippen molar-refractivity contribution in [1.29, 1.82) is 0 Å². The zero-order valence-corrected chi connectivity index (χ0v) is 33.0. The molecule has 0 bridgehead atoms. The first kappa shape index (κ1) is 37.1. The Kier molecular flexibility index (Phi) is 8.99. The van der Waals surface area contributed by atoms with Crippen LogP contribution in [0.1, 0.15) is 119 Å². The zero-order valence-electron chi connectivity index (χ0n) is 33.0. The summed E-state index contributed by atoms with van der Waals surface area (Å²) in [6.07, 6.45) is 8.94. The van der Waals surface area contributed by atoms with Crippen molar-refractivity contribution in [3.8, 4) is 0 Å². The highest BCUT2D eigenvalue weighted by Crippen LogP contribution is 2.89. The molecule has 8 aliphatic rings. The minimum Gasteiger partial charge on any atom is -0.390 e. The average Bonchev–Trinajstić information content (AvgIpc) is 3.71. The van der Waals surface area contributed by atoms with Gasteiger partial charge in [0.05, 0.1) is 43.2 Å². The summed E-state index contributed by atoms with van der Waals surface area (Å²) in [6, 6.07) is 0.